The molecule has 6 N–H and O–H groups in total. The minimum Gasteiger partial charge on any atom is -0.479 e. The third kappa shape index (κ3) is 3.50. The maximum absolute atomic E-state index is 11.6. The predicted octanol–water partition coefficient (Wildman–Crippen LogP) is -1.16. The molecule has 0 radical (unpaired) electrons. The zero-order valence-corrected chi connectivity index (χ0v) is 13.5. The Morgan fingerprint density at radius 3 is 2.42 bits per heavy atom. The average molecular weight is 408 g/mol. The first-order chi connectivity index (χ1) is 11.3. The standard InChI is InChI=1S/C13H14BrNO9/c14-5-3-1-2-4(11(19)15-22)9(5)23-13-8(18)6(16)7(17)10(24-13)12(20)21/h1-3,6-8,10,13,16-18,22H,(H,15,19)(H,20,21). The van der Waals surface area contributed by atoms with Crippen LogP contribution in [0.25, 0.3) is 0 Å². The molecule has 0 bridgehead atoms. The zero-order chi connectivity index (χ0) is 18.0. The summed E-state index contributed by atoms with van der Waals surface area (Å²) in [7, 11) is 0. The number of aliphatic carboxylic acids is 1. The van der Waals surface area contributed by atoms with Gasteiger partial charge in [0, 0.05) is 0 Å². The summed E-state index contributed by atoms with van der Waals surface area (Å²) < 4.78 is 10.5. The van der Waals surface area contributed by atoms with Crippen LogP contribution in [0.1, 0.15) is 10.4 Å². The molecule has 2 rings (SSSR count). The van der Waals surface area contributed by atoms with Crippen LogP contribution in [0.5, 0.6) is 5.75 Å². The van der Waals surface area contributed by atoms with Crippen molar-refractivity contribution < 1.29 is 44.7 Å². The Kier molecular flexibility index (Phi) is 5.74. The van der Waals surface area contributed by atoms with Crippen LogP contribution in [0.4, 0.5) is 0 Å². The van der Waals surface area contributed by atoms with E-state index in [1.54, 1.807) is 0 Å². The number of hydroxylamine groups is 1. The molecule has 0 saturated carbocycles. The molecule has 0 aliphatic carbocycles. The van der Waals surface area contributed by atoms with E-state index in [9.17, 15) is 24.9 Å². The summed E-state index contributed by atoms with van der Waals surface area (Å²) in [4.78, 5) is 22.7. The van der Waals surface area contributed by atoms with Crippen molar-refractivity contribution in [3.63, 3.8) is 0 Å². The van der Waals surface area contributed by atoms with Crippen LogP contribution in [-0.2, 0) is 9.53 Å². The van der Waals surface area contributed by atoms with E-state index >= 15 is 0 Å². The van der Waals surface area contributed by atoms with E-state index in [1.165, 1.54) is 23.7 Å². The lowest BCUT2D eigenvalue weighted by Crippen LogP contribution is -2.61. The van der Waals surface area contributed by atoms with Crippen LogP contribution in [0.15, 0.2) is 22.7 Å². The molecule has 1 saturated heterocycles. The van der Waals surface area contributed by atoms with Gasteiger partial charge in [-0.3, -0.25) is 10.0 Å². The van der Waals surface area contributed by atoms with Gasteiger partial charge in [-0.05, 0) is 28.1 Å². The first-order valence-electron chi connectivity index (χ1n) is 6.60. The fourth-order valence-electron chi connectivity index (χ4n) is 2.13. The number of ether oxygens (including phenoxy) is 2. The lowest BCUT2D eigenvalue weighted by Gasteiger charge is -2.38. The van der Waals surface area contributed by atoms with E-state index in [2.05, 4.69) is 15.9 Å². The number of carbonyl (C=O) groups is 2. The number of benzene rings is 1. The molecular weight excluding hydrogens is 394 g/mol. The highest BCUT2D eigenvalue weighted by Gasteiger charge is 2.48. The normalized spacial score (nSPS) is 29.8. The van der Waals surface area contributed by atoms with Crippen LogP contribution in [0, 0.1) is 0 Å². The molecule has 0 spiro atoms. The smallest absolute Gasteiger partial charge is 0.335 e. The Labute approximate surface area is 143 Å². The molecule has 1 aliphatic rings. The largest absolute Gasteiger partial charge is 0.479 e. The van der Waals surface area contributed by atoms with Crippen molar-refractivity contribution in [1.29, 1.82) is 0 Å². The number of aliphatic hydroxyl groups excluding tert-OH is 3. The predicted molar refractivity (Wildman–Crippen MR) is 78.3 cm³/mol. The molecule has 1 amide bonds. The molecule has 132 valence electrons. The number of aliphatic hydroxyl groups is 3. The summed E-state index contributed by atoms with van der Waals surface area (Å²) in [6.07, 6.45) is -9.02. The molecule has 1 aliphatic heterocycles. The Morgan fingerprint density at radius 2 is 1.83 bits per heavy atom. The van der Waals surface area contributed by atoms with Crippen LogP contribution in [-0.4, -0.2) is 68.2 Å². The lowest BCUT2D eigenvalue weighted by atomic mass is 9.99. The van der Waals surface area contributed by atoms with Crippen LogP contribution < -0.4 is 10.2 Å². The maximum Gasteiger partial charge on any atom is 0.335 e. The minimum absolute atomic E-state index is 0.143. The van der Waals surface area contributed by atoms with Gasteiger partial charge >= 0.3 is 5.97 Å². The molecule has 0 aromatic heterocycles. The second-order valence-electron chi connectivity index (χ2n) is 4.91. The third-order valence-electron chi connectivity index (χ3n) is 3.36. The molecule has 1 heterocycles. The number of rotatable bonds is 4. The fraction of sp³-hybridized carbons (Fsp3) is 0.385. The van der Waals surface area contributed by atoms with Gasteiger partial charge in [0.1, 0.15) is 24.1 Å². The highest BCUT2D eigenvalue weighted by Crippen LogP contribution is 2.32. The summed E-state index contributed by atoms with van der Waals surface area (Å²) in [6, 6.07) is 4.25. The van der Waals surface area contributed by atoms with Crippen molar-refractivity contribution in [3.05, 3.63) is 28.2 Å². The van der Waals surface area contributed by atoms with E-state index in [1.807, 2.05) is 0 Å². The van der Waals surface area contributed by atoms with E-state index < -0.39 is 42.6 Å². The second kappa shape index (κ2) is 7.42. The second-order valence-corrected chi connectivity index (χ2v) is 5.76. The molecular formula is C13H14BrNO9. The van der Waals surface area contributed by atoms with Gasteiger partial charge in [-0.2, -0.15) is 0 Å². The van der Waals surface area contributed by atoms with Gasteiger partial charge in [0.2, 0.25) is 6.29 Å². The summed E-state index contributed by atoms with van der Waals surface area (Å²) in [5.74, 6) is -2.66. The molecule has 11 heteroatoms. The molecule has 1 fully saturated rings. The number of hydrogen-bond acceptors (Lipinski definition) is 8. The first-order valence-corrected chi connectivity index (χ1v) is 7.39. The molecule has 1 aromatic carbocycles. The number of carboxylic acids is 1. The van der Waals surface area contributed by atoms with Gasteiger partial charge < -0.3 is 29.9 Å². The van der Waals surface area contributed by atoms with Gasteiger partial charge in [0.15, 0.2) is 6.10 Å². The summed E-state index contributed by atoms with van der Waals surface area (Å²) >= 11 is 3.11. The Morgan fingerprint density at radius 1 is 1.17 bits per heavy atom. The highest BCUT2D eigenvalue weighted by molar-refractivity contribution is 9.10. The van der Waals surface area contributed by atoms with Gasteiger partial charge in [0.25, 0.3) is 5.91 Å². The monoisotopic (exact) mass is 407 g/mol. The topological polar surface area (TPSA) is 166 Å². The number of carbonyl (C=O) groups excluding carboxylic acids is 1. The van der Waals surface area contributed by atoms with Gasteiger partial charge in [-0.15, -0.1) is 0 Å². The van der Waals surface area contributed by atoms with Crippen molar-refractivity contribution in [3.8, 4) is 5.75 Å². The van der Waals surface area contributed by atoms with Crippen molar-refractivity contribution >= 4 is 27.8 Å². The number of nitrogens with one attached hydrogen (secondary N) is 1. The van der Waals surface area contributed by atoms with Crippen molar-refractivity contribution in [2.45, 2.75) is 30.7 Å². The Hall–Kier alpha value is -1.76. The van der Waals surface area contributed by atoms with Crippen molar-refractivity contribution in [2.24, 2.45) is 0 Å². The highest BCUT2D eigenvalue weighted by atomic mass is 79.9. The summed E-state index contributed by atoms with van der Waals surface area (Å²) in [5, 5.41) is 47.0. The van der Waals surface area contributed by atoms with Gasteiger partial charge in [-0.25, -0.2) is 10.3 Å². The SMILES string of the molecule is O=C(NO)c1cccc(Br)c1OC1OC(C(=O)O)C(O)C(O)C1O. The molecule has 5 atom stereocenters. The third-order valence-corrected chi connectivity index (χ3v) is 3.98. The number of carboxylic acid groups (broad SMARTS) is 1. The number of halogens is 1. The molecule has 24 heavy (non-hydrogen) atoms. The van der Waals surface area contributed by atoms with Crippen LogP contribution in [0.2, 0.25) is 0 Å². The summed E-state index contributed by atoms with van der Waals surface area (Å²) in [6.45, 7) is 0. The molecule has 10 nitrogen and oxygen atoms in total. The molecule has 1 aromatic rings. The Bertz CT molecular complexity index is 640. The van der Waals surface area contributed by atoms with Crippen LogP contribution >= 0.6 is 15.9 Å². The fourth-order valence-corrected chi connectivity index (χ4v) is 2.59. The molecule has 5 unspecified atom stereocenters. The quantitative estimate of drug-likeness (QED) is 0.266. The minimum atomic E-state index is -1.86. The lowest BCUT2D eigenvalue weighted by molar-refractivity contribution is -0.271. The number of amides is 1. The Balaban J connectivity index is 2.33. The summed E-state index contributed by atoms with van der Waals surface area (Å²) in [5.41, 5.74) is 1.27. The van der Waals surface area contributed by atoms with E-state index in [0.29, 0.717) is 0 Å². The van der Waals surface area contributed by atoms with E-state index in [4.69, 9.17) is 19.8 Å². The number of para-hydroxylation sites is 1. The van der Waals surface area contributed by atoms with Gasteiger partial charge in [-0.1, -0.05) is 6.07 Å². The zero-order valence-electron chi connectivity index (χ0n) is 11.9. The van der Waals surface area contributed by atoms with Crippen molar-refractivity contribution in [2.75, 3.05) is 0 Å². The van der Waals surface area contributed by atoms with E-state index in [0.717, 1.165) is 0 Å². The average Bonchev–Trinajstić information content (AvgIpc) is 2.55. The van der Waals surface area contributed by atoms with E-state index in [-0.39, 0.29) is 15.8 Å². The van der Waals surface area contributed by atoms with Crippen molar-refractivity contribution in [1.82, 2.24) is 5.48 Å². The first kappa shape index (κ1) is 18.6. The van der Waals surface area contributed by atoms with Crippen LogP contribution in [0.3, 0.4) is 0 Å². The number of hydrogen-bond donors (Lipinski definition) is 6. The van der Waals surface area contributed by atoms with Gasteiger partial charge in [0.05, 0.1) is 10.0 Å². The maximum atomic E-state index is 11.6.